The largest absolute Gasteiger partial charge is 0.466 e. The standard InChI is InChI=1S/C15H22FNO2/c1-4-8-17-14(10-15(18)19-5-2)12-6-7-13(16)11(3)9-12/h6-7,9,14,17H,4-5,8,10H2,1-3H3. The molecule has 0 fully saturated rings. The molecule has 0 spiro atoms. The zero-order valence-electron chi connectivity index (χ0n) is 11.8. The minimum Gasteiger partial charge on any atom is -0.466 e. The summed E-state index contributed by atoms with van der Waals surface area (Å²) in [5.41, 5.74) is 1.50. The molecule has 1 aromatic carbocycles. The first-order valence-corrected chi connectivity index (χ1v) is 6.73. The number of carbonyl (C=O) groups is 1. The van der Waals surface area contributed by atoms with Crippen molar-refractivity contribution in [2.24, 2.45) is 0 Å². The lowest BCUT2D eigenvalue weighted by Crippen LogP contribution is -2.25. The van der Waals surface area contributed by atoms with Crippen molar-refractivity contribution in [3.8, 4) is 0 Å². The highest BCUT2D eigenvalue weighted by Crippen LogP contribution is 2.20. The van der Waals surface area contributed by atoms with Crippen LogP contribution in [0.5, 0.6) is 0 Å². The van der Waals surface area contributed by atoms with Gasteiger partial charge >= 0.3 is 5.97 Å². The third kappa shape index (κ3) is 4.99. The molecule has 0 saturated carbocycles. The Morgan fingerprint density at radius 2 is 2.16 bits per heavy atom. The van der Waals surface area contributed by atoms with Crippen LogP contribution in [-0.2, 0) is 9.53 Å². The van der Waals surface area contributed by atoms with Gasteiger partial charge in [0.2, 0.25) is 0 Å². The van der Waals surface area contributed by atoms with Crippen molar-refractivity contribution in [1.82, 2.24) is 5.32 Å². The van der Waals surface area contributed by atoms with Gasteiger partial charge in [-0.2, -0.15) is 0 Å². The molecule has 0 aliphatic rings. The van der Waals surface area contributed by atoms with E-state index in [1.807, 2.05) is 0 Å². The van der Waals surface area contributed by atoms with Gasteiger partial charge < -0.3 is 10.1 Å². The number of carbonyl (C=O) groups excluding carboxylic acids is 1. The topological polar surface area (TPSA) is 38.3 Å². The number of rotatable bonds is 7. The van der Waals surface area contributed by atoms with Crippen LogP contribution in [0.3, 0.4) is 0 Å². The van der Waals surface area contributed by atoms with Gasteiger partial charge in [0.05, 0.1) is 13.0 Å². The summed E-state index contributed by atoms with van der Waals surface area (Å²) < 4.78 is 18.3. The van der Waals surface area contributed by atoms with Crippen molar-refractivity contribution in [3.63, 3.8) is 0 Å². The van der Waals surface area contributed by atoms with Crippen LogP contribution >= 0.6 is 0 Å². The fourth-order valence-electron chi connectivity index (χ4n) is 1.90. The minimum atomic E-state index is -0.238. The molecule has 106 valence electrons. The Balaban J connectivity index is 2.82. The molecule has 3 nitrogen and oxygen atoms in total. The molecule has 1 rings (SSSR count). The van der Waals surface area contributed by atoms with E-state index in [0.717, 1.165) is 18.5 Å². The van der Waals surface area contributed by atoms with Crippen molar-refractivity contribution in [2.75, 3.05) is 13.2 Å². The first kappa shape index (κ1) is 15.6. The van der Waals surface area contributed by atoms with E-state index in [0.29, 0.717) is 12.2 Å². The normalized spacial score (nSPS) is 12.2. The Morgan fingerprint density at radius 1 is 1.42 bits per heavy atom. The molecule has 1 N–H and O–H groups in total. The summed E-state index contributed by atoms with van der Waals surface area (Å²) >= 11 is 0. The van der Waals surface area contributed by atoms with Gasteiger partial charge in [0.15, 0.2) is 0 Å². The first-order valence-electron chi connectivity index (χ1n) is 6.73. The van der Waals surface area contributed by atoms with Crippen LogP contribution in [0.4, 0.5) is 4.39 Å². The monoisotopic (exact) mass is 267 g/mol. The lowest BCUT2D eigenvalue weighted by Gasteiger charge is -2.18. The average Bonchev–Trinajstić information content (AvgIpc) is 2.38. The Hall–Kier alpha value is -1.42. The summed E-state index contributed by atoms with van der Waals surface area (Å²) in [4.78, 5) is 11.6. The van der Waals surface area contributed by atoms with Gasteiger partial charge in [-0.1, -0.05) is 19.1 Å². The van der Waals surface area contributed by atoms with Gasteiger partial charge in [0.25, 0.3) is 0 Å². The van der Waals surface area contributed by atoms with Crippen LogP contribution in [0.25, 0.3) is 0 Å². The van der Waals surface area contributed by atoms with Crippen molar-refractivity contribution in [1.29, 1.82) is 0 Å². The van der Waals surface area contributed by atoms with E-state index in [2.05, 4.69) is 12.2 Å². The van der Waals surface area contributed by atoms with E-state index >= 15 is 0 Å². The predicted octanol–water partition coefficient (Wildman–Crippen LogP) is 3.13. The molecule has 0 aromatic heterocycles. The molecular formula is C15H22FNO2. The zero-order valence-corrected chi connectivity index (χ0v) is 11.8. The van der Waals surface area contributed by atoms with Crippen LogP contribution in [0.2, 0.25) is 0 Å². The van der Waals surface area contributed by atoms with Crippen LogP contribution in [0, 0.1) is 12.7 Å². The first-order chi connectivity index (χ1) is 9.08. The molecule has 4 heteroatoms. The Kier molecular flexibility index (Phi) is 6.50. The van der Waals surface area contributed by atoms with E-state index in [4.69, 9.17) is 4.74 Å². The number of esters is 1. The van der Waals surface area contributed by atoms with Gasteiger partial charge in [-0.05, 0) is 44.0 Å². The van der Waals surface area contributed by atoms with E-state index in [1.165, 1.54) is 6.07 Å². The second-order valence-electron chi connectivity index (χ2n) is 4.52. The summed E-state index contributed by atoms with van der Waals surface area (Å²) in [7, 11) is 0. The molecule has 0 saturated heterocycles. The molecule has 0 radical (unpaired) electrons. The number of aryl methyl sites for hydroxylation is 1. The number of ether oxygens (including phenoxy) is 1. The fourth-order valence-corrected chi connectivity index (χ4v) is 1.90. The molecule has 1 atom stereocenters. The molecule has 1 unspecified atom stereocenters. The Labute approximate surface area is 114 Å². The quantitative estimate of drug-likeness (QED) is 0.771. The van der Waals surface area contributed by atoms with Crippen molar-refractivity contribution in [2.45, 2.75) is 39.7 Å². The molecule has 0 aliphatic carbocycles. The number of nitrogens with one attached hydrogen (secondary N) is 1. The maximum absolute atomic E-state index is 13.3. The molecule has 0 heterocycles. The fraction of sp³-hybridized carbons (Fsp3) is 0.533. The van der Waals surface area contributed by atoms with Crippen molar-refractivity contribution < 1.29 is 13.9 Å². The zero-order chi connectivity index (χ0) is 14.3. The smallest absolute Gasteiger partial charge is 0.307 e. The third-order valence-corrected chi connectivity index (χ3v) is 2.90. The molecule has 0 bridgehead atoms. The summed E-state index contributed by atoms with van der Waals surface area (Å²) in [6.07, 6.45) is 1.23. The highest BCUT2D eigenvalue weighted by atomic mass is 19.1. The lowest BCUT2D eigenvalue weighted by molar-refractivity contribution is -0.143. The van der Waals surface area contributed by atoms with Crippen molar-refractivity contribution in [3.05, 3.63) is 35.1 Å². The molecule has 0 aliphatic heterocycles. The van der Waals surface area contributed by atoms with Gasteiger partial charge in [-0.15, -0.1) is 0 Å². The summed E-state index contributed by atoms with van der Waals surface area (Å²) in [5, 5.41) is 3.30. The number of hydrogen-bond donors (Lipinski definition) is 1. The Morgan fingerprint density at radius 3 is 2.74 bits per heavy atom. The number of hydrogen-bond acceptors (Lipinski definition) is 3. The molecule has 0 amide bonds. The highest BCUT2D eigenvalue weighted by molar-refractivity contribution is 5.70. The van der Waals surface area contributed by atoms with Gasteiger partial charge in [0, 0.05) is 6.04 Å². The van der Waals surface area contributed by atoms with Gasteiger partial charge in [-0.3, -0.25) is 4.79 Å². The van der Waals surface area contributed by atoms with Crippen LogP contribution < -0.4 is 5.32 Å². The van der Waals surface area contributed by atoms with Gasteiger partial charge in [-0.25, -0.2) is 4.39 Å². The van der Waals surface area contributed by atoms with Gasteiger partial charge in [0.1, 0.15) is 5.82 Å². The van der Waals surface area contributed by atoms with E-state index in [-0.39, 0.29) is 24.2 Å². The predicted molar refractivity (Wildman–Crippen MR) is 73.4 cm³/mol. The van der Waals surface area contributed by atoms with E-state index < -0.39 is 0 Å². The highest BCUT2D eigenvalue weighted by Gasteiger charge is 2.16. The summed E-state index contributed by atoms with van der Waals surface area (Å²) in [6, 6.07) is 4.81. The molecule has 1 aromatic rings. The summed E-state index contributed by atoms with van der Waals surface area (Å²) in [6.45, 7) is 6.75. The van der Waals surface area contributed by atoms with Crippen LogP contribution in [0.1, 0.15) is 43.9 Å². The Bertz CT molecular complexity index is 421. The maximum Gasteiger partial charge on any atom is 0.307 e. The van der Waals surface area contributed by atoms with Crippen molar-refractivity contribution >= 4 is 5.97 Å². The number of benzene rings is 1. The molecule has 19 heavy (non-hydrogen) atoms. The minimum absolute atomic E-state index is 0.127. The average molecular weight is 267 g/mol. The summed E-state index contributed by atoms with van der Waals surface area (Å²) in [5.74, 6) is -0.466. The lowest BCUT2D eigenvalue weighted by atomic mass is 10.0. The van der Waals surface area contributed by atoms with Crippen LogP contribution in [-0.4, -0.2) is 19.1 Å². The maximum atomic E-state index is 13.3. The second-order valence-corrected chi connectivity index (χ2v) is 4.52. The second kappa shape index (κ2) is 7.89. The van der Waals surface area contributed by atoms with E-state index in [1.54, 1.807) is 26.0 Å². The molecular weight excluding hydrogens is 245 g/mol. The third-order valence-electron chi connectivity index (χ3n) is 2.90. The van der Waals surface area contributed by atoms with E-state index in [9.17, 15) is 9.18 Å². The number of halogens is 1. The SMILES string of the molecule is CCCNC(CC(=O)OCC)c1ccc(F)c(C)c1. The van der Waals surface area contributed by atoms with Crippen LogP contribution in [0.15, 0.2) is 18.2 Å².